The third-order valence-corrected chi connectivity index (χ3v) is 6.20. The van der Waals surface area contributed by atoms with Crippen molar-refractivity contribution in [2.24, 2.45) is 0 Å². The van der Waals surface area contributed by atoms with Gasteiger partial charge in [-0.05, 0) is 82.2 Å². The van der Waals surface area contributed by atoms with Gasteiger partial charge in [0, 0.05) is 5.56 Å². The first-order valence-corrected chi connectivity index (χ1v) is 13.9. The maximum atomic E-state index is 13.3. The summed E-state index contributed by atoms with van der Waals surface area (Å²) in [7, 11) is 1.30. The van der Waals surface area contributed by atoms with Crippen molar-refractivity contribution in [3.8, 4) is 16.9 Å². The van der Waals surface area contributed by atoms with E-state index in [1.54, 1.807) is 20.8 Å². The second-order valence-corrected chi connectivity index (χ2v) is 10.8. The molecule has 0 unspecified atom stereocenters. The average molecular weight is 565 g/mol. The van der Waals surface area contributed by atoms with Gasteiger partial charge in [-0.1, -0.05) is 42.5 Å². The summed E-state index contributed by atoms with van der Waals surface area (Å²) in [6.07, 6.45) is 5.66. The number of ether oxygens (including phenoxy) is 3. The Morgan fingerprint density at radius 2 is 1.73 bits per heavy atom. The number of unbranched alkanes of at least 4 members (excludes halogenated alkanes) is 2. The quantitative estimate of drug-likeness (QED) is 0.144. The number of esters is 1. The predicted octanol–water partition coefficient (Wildman–Crippen LogP) is 6.59. The molecule has 0 bridgehead atoms. The smallest absolute Gasteiger partial charge is 0.408 e. The van der Waals surface area contributed by atoms with Crippen molar-refractivity contribution in [1.82, 2.24) is 10.6 Å². The Bertz CT molecular complexity index is 1200. The molecule has 0 fully saturated rings. The van der Waals surface area contributed by atoms with E-state index >= 15 is 0 Å². The van der Waals surface area contributed by atoms with Crippen molar-refractivity contribution in [3.63, 3.8) is 0 Å². The van der Waals surface area contributed by atoms with Crippen LogP contribution in [0.5, 0.6) is 5.75 Å². The van der Waals surface area contributed by atoms with E-state index in [1.807, 2.05) is 55.5 Å². The van der Waals surface area contributed by atoms with Crippen LogP contribution in [0.1, 0.15) is 70.0 Å². The second-order valence-electron chi connectivity index (χ2n) is 10.8. The molecule has 2 rings (SSSR count). The molecule has 0 radical (unpaired) electrons. The van der Waals surface area contributed by atoms with Crippen molar-refractivity contribution in [2.75, 3.05) is 13.7 Å². The number of hydrogen-bond acceptors (Lipinski definition) is 6. The van der Waals surface area contributed by atoms with Gasteiger partial charge in [0.2, 0.25) is 5.91 Å². The number of carbonyl (C=O) groups excluding carboxylic acids is 3. The first kappa shape index (κ1) is 33.1. The highest BCUT2D eigenvalue weighted by molar-refractivity contribution is 5.87. The highest BCUT2D eigenvalue weighted by atomic mass is 16.6. The fourth-order valence-electron chi connectivity index (χ4n) is 4.24. The summed E-state index contributed by atoms with van der Waals surface area (Å²) < 4.78 is 16.4. The molecule has 8 heteroatoms. The Kier molecular flexibility index (Phi) is 13.1. The lowest BCUT2D eigenvalue weighted by Crippen LogP contribution is -2.49. The van der Waals surface area contributed by atoms with Gasteiger partial charge in [0.25, 0.3) is 0 Å². The van der Waals surface area contributed by atoms with Crippen LogP contribution in [0.25, 0.3) is 11.1 Å². The van der Waals surface area contributed by atoms with E-state index in [9.17, 15) is 14.4 Å². The van der Waals surface area contributed by atoms with Gasteiger partial charge in [-0.2, -0.15) is 0 Å². The highest BCUT2D eigenvalue weighted by Gasteiger charge is 2.27. The Labute approximate surface area is 244 Å². The number of amides is 2. The van der Waals surface area contributed by atoms with Gasteiger partial charge in [0.15, 0.2) is 0 Å². The molecule has 0 saturated heterocycles. The third kappa shape index (κ3) is 11.1. The minimum absolute atomic E-state index is 0.0978. The lowest BCUT2D eigenvalue weighted by Gasteiger charge is -2.25. The first-order valence-electron chi connectivity index (χ1n) is 13.9. The van der Waals surface area contributed by atoms with E-state index in [-0.39, 0.29) is 12.8 Å². The lowest BCUT2D eigenvalue weighted by atomic mass is 9.94. The fourth-order valence-corrected chi connectivity index (χ4v) is 4.24. The minimum atomic E-state index is -0.942. The summed E-state index contributed by atoms with van der Waals surface area (Å²) >= 11 is 0. The Morgan fingerprint density at radius 1 is 1.00 bits per heavy atom. The van der Waals surface area contributed by atoms with Crippen LogP contribution < -0.4 is 15.4 Å². The number of benzene rings is 2. The normalized spacial score (nSPS) is 12.4. The highest BCUT2D eigenvalue weighted by Crippen LogP contribution is 2.35. The molecular formula is C33H44N2O6. The van der Waals surface area contributed by atoms with E-state index in [0.717, 1.165) is 41.7 Å². The summed E-state index contributed by atoms with van der Waals surface area (Å²) in [5, 5.41) is 5.52. The molecule has 0 spiro atoms. The Balaban J connectivity index is 2.35. The number of carbonyl (C=O) groups is 3. The van der Waals surface area contributed by atoms with Gasteiger partial charge in [0.05, 0.1) is 26.2 Å². The number of rotatable bonds is 15. The SMILES string of the molecule is C=CCCCCOc1cccc(C)c1-c1cccc([C@H](CC(=O)OC)NC(=O)[C@H](CC=C)NC(=O)OC(C)(C)C)c1. The number of nitrogens with one attached hydrogen (secondary N) is 2. The molecule has 8 nitrogen and oxygen atoms in total. The second kappa shape index (κ2) is 16.3. The van der Waals surface area contributed by atoms with Crippen LogP contribution in [0, 0.1) is 6.92 Å². The van der Waals surface area contributed by atoms with Crippen LogP contribution in [-0.2, 0) is 19.1 Å². The maximum Gasteiger partial charge on any atom is 0.408 e. The lowest BCUT2D eigenvalue weighted by molar-refractivity contribution is -0.141. The largest absolute Gasteiger partial charge is 0.493 e. The standard InChI is InChI=1S/C33H44N2O6/c1-8-10-11-12-20-40-28-19-13-16-23(3)30(28)25-18-14-17-24(21-25)27(22-29(36)39-7)34-31(37)26(15-9-2)35-32(38)41-33(4,5)6/h8-9,13-14,16-19,21,26-27H,1-2,10-12,15,20,22H2,3-7H3,(H,34,37)(H,35,38)/t26-,27-/m0/s1. The zero-order chi connectivity index (χ0) is 30.4. The zero-order valence-corrected chi connectivity index (χ0v) is 25.0. The predicted molar refractivity (Wildman–Crippen MR) is 162 cm³/mol. The fraction of sp³-hybridized carbons (Fsp3) is 0.424. The molecule has 222 valence electrons. The van der Waals surface area contributed by atoms with Crippen molar-refractivity contribution >= 4 is 18.0 Å². The van der Waals surface area contributed by atoms with Crippen LogP contribution in [0.3, 0.4) is 0 Å². The van der Waals surface area contributed by atoms with Crippen molar-refractivity contribution < 1.29 is 28.6 Å². The molecule has 0 saturated carbocycles. The van der Waals surface area contributed by atoms with Crippen molar-refractivity contribution in [3.05, 3.63) is 78.9 Å². The number of aryl methyl sites for hydroxylation is 1. The summed E-state index contributed by atoms with van der Waals surface area (Å²) in [5.74, 6) is -0.197. The number of allylic oxidation sites excluding steroid dienone is 1. The van der Waals surface area contributed by atoms with Gasteiger partial charge >= 0.3 is 12.1 Å². The number of alkyl carbamates (subject to hydrolysis) is 1. The van der Waals surface area contributed by atoms with E-state index in [0.29, 0.717) is 12.2 Å². The molecule has 2 N–H and O–H groups in total. The van der Waals surface area contributed by atoms with Crippen LogP contribution in [0.2, 0.25) is 0 Å². The molecule has 2 aromatic carbocycles. The van der Waals surface area contributed by atoms with Crippen LogP contribution in [-0.4, -0.2) is 43.3 Å². The van der Waals surface area contributed by atoms with Crippen molar-refractivity contribution in [2.45, 2.75) is 77.5 Å². The van der Waals surface area contributed by atoms with Crippen LogP contribution in [0.4, 0.5) is 4.79 Å². The maximum absolute atomic E-state index is 13.3. The Morgan fingerprint density at radius 3 is 2.39 bits per heavy atom. The molecule has 2 atom stereocenters. The van der Waals surface area contributed by atoms with Crippen molar-refractivity contribution in [1.29, 1.82) is 0 Å². The van der Waals surface area contributed by atoms with E-state index < -0.39 is 35.7 Å². The van der Waals surface area contributed by atoms with Gasteiger partial charge in [-0.3, -0.25) is 9.59 Å². The Hall–Kier alpha value is -4.07. The molecular weight excluding hydrogens is 520 g/mol. The summed E-state index contributed by atoms with van der Waals surface area (Å²) in [4.78, 5) is 38.1. The topological polar surface area (TPSA) is 103 Å². The van der Waals surface area contributed by atoms with E-state index in [1.165, 1.54) is 13.2 Å². The van der Waals surface area contributed by atoms with Crippen LogP contribution in [0.15, 0.2) is 67.8 Å². The molecule has 0 aliphatic rings. The summed E-state index contributed by atoms with van der Waals surface area (Å²) in [6, 6.07) is 11.9. The molecule has 0 aliphatic carbocycles. The number of hydrogen-bond donors (Lipinski definition) is 2. The van der Waals surface area contributed by atoms with Gasteiger partial charge in [-0.25, -0.2) is 4.79 Å². The van der Waals surface area contributed by atoms with Gasteiger partial charge in [0.1, 0.15) is 17.4 Å². The monoisotopic (exact) mass is 564 g/mol. The summed E-state index contributed by atoms with van der Waals surface area (Å²) in [6.45, 7) is 15.3. The third-order valence-electron chi connectivity index (χ3n) is 6.20. The summed E-state index contributed by atoms with van der Waals surface area (Å²) in [5.41, 5.74) is 2.84. The minimum Gasteiger partial charge on any atom is -0.493 e. The molecule has 2 aromatic rings. The first-order chi connectivity index (χ1) is 19.5. The molecule has 2 amide bonds. The average Bonchev–Trinajstić information content (AvgIpc) is 2.91. The molecule has 0 aliphatic heterocycles. The zero-order valence-electron chi connectivity index (χ0n) is 25.0. The molecule has 41 heavy (non-hydrogen) atoms. The molecule has 0 aromatic heterocycles. The number of methoxy groups -OCH3 is 1. The van der Waals surface area contributed by atoms with Gasteiger partial charge < -0.3 is 24.8 Å². The van der Waals surface area contributed by atoms with E-state index in [2.05, 4.69) is 23.8 Å². The molecule has 0 heterocycles. The van der Waals surface area contributed by atoms with Gasteiger partial charge in [-0.15, -0.1) is 13.2 Å². The van der Waals surface area contributed by atoms with E-state index in [4.69, 9.17) is 14.2 Å². The van der Waals surface area contributed by atoms with Crippen LogP contribution >= 0.6 is 0 Å².